The molecule has 0 saturated heterocycles. The van der Waals surface area contributed by atoms with Gasteiger partial charge in [-0.1, -0.05) is 53.7 Å². The summed E-state index contributed by atoms with van der Waals surface area (Å²) in [6.45, 7) is 6.53. The second-order valence-corrected chi connectivity index (χ2v) is 7.19. The lowest BCUT2D eigenvalue weighted by molar-refractivity contribution is 0.497. The van der Waals surface area contributed by atoms with E-state index < -0.39 is 4.33 Å². The molecule has 2 rings (SSSR count). The van der Waals surface area contributed by atoms with Crippen LogP contribution in [0.1, 0.15) is 20.8 Å². The largest absolute Gasteiger partial charge is 0.336 e. The van der Waals surface area contributed by atoms with Crippen LogP contribution in [0.25, 0.3) is 0 Å². The molecule has 0 bridgehead atoms. The Morgan fingerprint density at radius 2 is 1.78 bits per heavy atom. The maximum absolute atomic E-state index is 6.81. The number of halogens is 1. The maximum Gasteiger partial charge on any atom is 0.185 e. The molecule has 0 N–H and O–H groups in total. The van der Waals surface area contributed by atoms with E-state index in [1.54, 1.807) is 11.8 Å². The molecule has 0 radical (unpaired) electrons. The fourth-order valence-electron chi connectivity index (χ4n) is 2.12. The Morgan fingerprint density at radius 3 is 2.28 bits per heavy atom. The van der Waals surface area contributed by atoms with Crippen molar-refractivity contribution in [1.82, 2.24) is 0 Å². The molecule has 0 aromatic heterocycles. The molecule has 1 unspecified atom stereocenters. The van der Waals surface area contributed by atoms with E-state index in [1.165, 1.54) is 0 Å². The number of thioether (sulfide) groups is 1. The number of nitrogens with zero attached hydrogens (tertiary/aromatic N) is 1. The minimum atomic E-state index is -0.561. The number of anilines is 1. The monoisotopic (exact) mass is 279 g/mol. The predicted molar refractivity (Wildman–Crippen MR) is 83.1 cm³/mol. The van der Waals surface area contributed by atoms with Gasteiger partial charge in [0.05, 0.1) is 0 Å². The van der Waals surface area contributed by atoms with Gasteiger partial charge in [-0.2, -0.15) is 0 Å². The zero-order valence-corrected chi connectivity index (χ0v) is 12.5. The zero-order valence-electron chi connectivity index (χ0n) is 10.9. The molecule has 1 aromatic rings. The van der Waals surface area contributed by atoms with Crippen LogP contribution >= 0.6 is 23.4 Å². The summed E-state index contributed by atoms with van der Waals surface area (Å²) in [5.41, 5.74) is 1.07. The lowest BCUT2D eigenvalue weighted by Crippen LogP contribution is -2.52. The van der Waals surface area contributed by atoms with E-state index in [0.717, 1.165) is 5.69 Å². The normalized spacial score (nSPS) is 23.1. The summed E-state index contributed by atoms with van der Waals surface area (Å²) in [7, 11) is 0. The third-order valence-electron chi connectivity index (χ3n) is 2.71. The lowest BCUT2D eigenvalue weighted by Gasteiger charge is -2.47. The standard InChI is InChI=1S/C15H18ClNS/c1-14(2,3)17(13-9-5-4-6-10-13)15(16)11-7-8-12-18-15/h4-12H,1-3H3. The van der Waals surface area contributed by atoms with Crippen LogP contribution in [-0.4, -0.2) is 9.87 Å². The van der Waals surface area contributed by atoms with Crippen LogP contribution in [0.5, 0.6) is 0 Å². The molecule has 1 heterocycles. The topological polar surface area (TPSA) is 3.24 Å². The van der Waals surface area contributed by atoms with Crippen LogP contribution in [0, 0.1) is 0 Å². The molecule has 0 aliphatic carbocycles. The van der Waals surface area contributed by atoms with Gasteiger partial charge < -0.3 is 4.90 Å². The van der Waals surface area contributed by atoms with Crippen LogP contribution in [-0.2, 0) is 0 Å². The van der Waals surface area contributed by atoms with Crippen molar-refractivity contribution in [3.8, 4) is 0 Å². The molecule has 18 heavy (non-hydrogen) atoms. The quantitative estimate of drug-likeness (QED) is 0.553. The minimum absolute atomic E-state index is 0.0639. The third-order valence-corrected chi connectivity index (χ3v) is 4.22. The Balaban J connectivity index is 2.45. The summed E-state index contributed by atoms with van der Waals surface area (Å²) in [4.78, 5) is 2.24. The average molecular weight is 280 g/mol. The Morgan fingerprint density at radius 1 is 1.11 bits per heavy atom. The first-order valence-electron chi connectivity index (χ1n) is 6.00. The average Bonchev–Trinajstić information content (AvgIpc) is 2.29. The van der Waals surface area contributed by atoms with Gasteiger partial charge in [0.15, 0.2) is 4.33 Å². The highest BCUT2D eigenvalue weighted by Gasteiger charge is 2.39. The van der Waals surface area contributed by atoms with E-state index in [4.69, 9.17) is 11.6 Å². The fourth-order valence-corrected chi connectivity index (χ4v) is 3.70. The van der Waals surface area contributed by atoms with E-state index >= 15 is 0 Å². The van der Waals surface area contributed by atoms with E-state index in [2.05, 4.69) is 37.8 Å². The van der Waals surface area contributed by atoms with Crippen molar-refractivity contribution in [3.63, 3.8) is 0 Å². The summed E-state index contributed by atoms with van der Waals surface area (Å²) >= 11 is 8.43. The Hall–Kier alpha value is -0.860. The summed E-state index contributed by atoms with van der Waals surface area (Å²) in [5.74, 6) is 0. The number of allylic oxidation sites excluding steroid dienone is 2. The van der Waals surface area contributed by atoms with Gasteiger partial charge in [0.2, 0.25) is 0 Å². The highest BCUT2D eigenvalue weighted by atomic mass is 35.5. The van der Waals surface area contributed by atoms with Gasteiger partial charge in [-0.15, -0.1) is 0 Å². The van der Waals surface area contributed by atoms with Gasteiger partial charge in [0, 0.05) is 11.2 Å². The highest BCUT2D eigenvalue weighted by molar-refractivity contribution is 8.05. The van der Waals surface area contributed by atoms with Crippen molar-refractivity contribution in [2.24, 2.45) is 0 Å². The first kappa shape index (κ1) is 13.6. The van der Waals surface area contributed by atoms with Crippen LogP contribution < -0.4 is 4.90 Å². The second kappa shape index (κ2) is 5.02. The molecule has 0 spiro atoms. The van der Waals surface area contributed by atoms with Crippen molar-refractivity contribution in [1.29, 1.82) is 0 Å². The van der Waals surface area contributed by atoms with Gasteiger partial charge >= 0.3 is 0 Å². The van der Waals surface area contributed by atoms with Gasteiger partial charge in [-0.3, -0.25) is 0 Å². The van der Waals surface area contributed by atoms with Crippen molar-refractivity contribution in [2.75, 3.05) is 4.90 Å². The fraction of sp³-hybridized carbons (Fsp3) is 0.333. The Kier molecular flexibility index (Phi) is 3.79. The first-order valence-corrected chi connectivity index (χ1v) is 7.26. The molecule has 96 valence electrons. The molecule has 1 aliphatic rings. The molecule has 0 amide bonds. The summed E-state index contributed by atoms with van der Waals surface area (Å²) in [6.07, 6.45) is 6.06. The van der Waals surface area contributed by atoms with Crippen LogP contribution in [0.15, 0.2) is 54.0 Å². The van der Waals surface area contributed by atoms with Crippen LogP contribution in [0.4, 0.5) is 5.69 Å². The number of hydrogen-bond donors (Lipinski definition) is 0. The summed E-state index contributed by atoms with van der Waals surface area (Å²) in [6, 6.07) is 10.3. The predicted octanol–water partition coefficient (Wildman–Crippen LogP) is 5.00. The molecule has 1 nitrogen and oxygen atoms in total. The number of alkyl halides is 1. The summed E-state index contributed by atoms with van der Waals surface area (Å²) < 4.78 is -0.561. The molecule has 1 atom stereocenters. The number of rotatable bonds is 2. The Labute approximate surface area is 119 Å². The number of benzene rings is 1. The molecule has 1 aliphatic heterocycles. The van der Waals surface area contributed by atoms with E-state index in [1.807, 2.05) is 41.8 Å². The van der Waals surface area contributed by atoms with Gasteiger partial charge in [-0.25, -0.2) is 0 Å². The molecular weight excluding hydrogens is 262 g/mol. The van der Waals surface area contributed by atoms with Gasteiger partial charge in [0.1, 0.15) is 0 Å². The van der Waals surface area contributed by atoms with E-state index in [9.17, 15) is 0 Å². The van der Waals surface area contributed by atoms with Gasteiger partial charge in [0.25, 0.3) is 0 Å². The number of hydrogen-bond acceptors (Lipinski definition) is 2. The maximum atomic E-state index is 6.81. The molecule has 0 fully saturated rings. The molecule has 0 saturated carbocycles. The minimum Gasteiger partial charge on any atom is -0.336 e. The van der Waals surface area contributed by atoms with Crippen LogP contribution in [0.2, 0.25) is 0 Å². The zero-order chi connectivity index (χ0) is 13.2. The Bertz CT molecular complexity index is 461. The molecular formula is C15H18ClNS. The molecule has 3 heteroatoms. The van der Waals surface area contributed by atoms with Crippen molar-refractivity contribution < 1.29 is 0 Å². The van der Waals surface area contributed by atoms with Crippen LogP contribution in [0.3, 0.4) is 0 Å². The molecule has 1 aromatic carbocycles. The smallest absolute Gasteiger partial charge is 0.185 e. The first-order chi connectivity index (χ1) is 8.43. The van der Waals surface area contributed by atoms with E-state index in [-0.39, 0.29) is 5.54 Å². The van der Waals surface area contributed by atoms with Crippen molar-refractivity contribution in [3.05, 3.63) is 54.0 Å². The lowest BCUT2D eigenvalue weighted by atomic mass is 10.0. The number of para-hydroxylation sites is 1. The summed E-state index contributed by atoms with van der Waals surface area (Å²) in [5, 5.41) is 2.04. The van der Waals surface area contributed by atoms with Gasteiger partial charge in [-0.05, 0) is 44.4 Å². The highest BCUT2D eigenvalue weighted by Crippen LogP contribution is 2.45. The van der Waals surface area contributed by atoms with E-state index in [0.29, 0.717) is 0 Å². The third kappa shape index (κ3) is 2.76. The van der Waals surface area contributed by atoms with Crippen molar-refractivity contribution in [2.45, 2.75) is 30.6 Å². The second-order valence-electron chi connectivity index (χ2n) is 5.26. The van der Waals surface area contributed by atoms with Crippen molar-refractivity contribution >= 4 is 29.1 Å². The SMILES string of the molecule is CC(C)(C)N(c1ccccc1)C1(Cl)C=CC=CS1.